The third-order valence-electron chi connectivity index (χ3n) is 5.62. The van der Waals surface area contributed by atoms with Crippen LogP contribution in [0.15, 0.2) is 66.9 Å². The number of hydrogen-bond donors (Lipinski definition) is 2. The Kier molecular flexibility index (Phi) is 6.52. The number of methoxy groups -OCH3 is 1. The van der Waals surface area contributed by atoms with Crippen molar-refractivity contribution in [3.63, 3.8) is 0 Å². The van der Waals surface area contributed by atoms with Crippen molar-refractivity contribution in [2.45, 2.75) is 13.8 Å². The van der Waals surface area contributed by atoms with Crippen LogP contribution >= 0.6 is 0 Å². The molecule has 3 aromatic carbocycles. The summed E-state index contributed by atoms with van der Waals surface area (Å²) in [5.41, 5.74) is 8.27. The molecule has 0 unspecified atom stereocenters. The Hall–Kier alpha value is -4.63. The fraction of sp³-hybridized carbons (Fsp3) is 0.115. The summed E-state index contributed by atoms with van der Waals surface area (Å²) in [5.74, 6) is 7.17. The van der Waals surface area contributed by atoms with Crippen LogP contribution in [0.25, 0.3) is 10.9 Å². The molecule has 2 amide bonds. The Labute approximate surface area is 201 Å². The smallest absolute Gasteiger partial charge is 0.434 e. The van der Waals surface area contributed by atoms with Crippen LogP contribution in [-0.4, -0.2) is 24.1 Å². The van der Waals surface area contributed by atoms with Crippen LogP contribution in [0.4, 0.5) is 10.5 Å². The topological polar surface area (TPSA) is 130 Å². The molecule has 9 nitrogen and oxygen atoms in total. The molecule has 1 aromatic heterocycles. The van der Waals surface area contributed by atoms with Crippen LogP contribution < -0.4 is 30.8 Å². The normalized spacial score (nSPS) is 10.6. The zero-order valence-corrected chi connectivity index (χ0v) is 19.4. The van der Waals surface area contributed by atoms with Crippen molar-refractivity contribution in [3.8, 4) is 23.0 Å². The summed E-state index contributed by atoms with van der Waals surface area (Å²) < 4.78 is 16.8. The average molecular weight is 473 g/mol. The number of anilines is 1. The highest BCUT2D eigenvalue weighted by molar-refractivity contribution is 6.01. The Morgan fingerprint density at radius 3 is 2.34 bits per heavy atom. The number of carbonyl (C=O) groups excluding carboxylic acids is 2. The van der Waals surface area contributed by atoms with Crippen LogP contribution in [-0.2, 0) is 0 Å². The van der Waals surface area contributed by atoms with Crippen molar-refractivity contribution in [1.29, 1.82) is 0 Å². The molecule has 0 aliphatic rings. The van der Waals surface area contributed by atoms with Crippen molar-refractivity contribution in [1.82, 2.24) is 4.98 Å². The Morgan fingerprint density at radius 1 is 0.914 bits per heavy atom. The highest BCUT2D eigenvalue weighted by atomic mass is 16.6. The predicted octanol–water partition coefficient (Wildman–Crippen LogP) is 4.63. The molecule has 0 saturated heterocycles. The van der Waals surface area contributed by atoms with Crippen LogP contribution in [0, 0.1) is 13.8 Å². The minimum atomic E-state index is -0.722. The molecular formula is C26H24N4O5. The van der Waals surface area contributed by atoms with Gasteiger partial charge >= 0.3 is 6.09 Å². The fourth-order valence-electron chi connectivity index (χ4n) is 3.61. The van der Waals surface area contributed by atoms with Gasteiger partial charge in [0.2, 0.25) is 0 Å². The van der Waals surface area contributed by atoms with E-state index in [1.165, 1.54) is 7.11 Å². The zero-order valence-electron chi connectivity index (χ0n) is 19.4. The van der Waals surface area contributed by atoms with Gasteiger partial charge in [0, 0.05) is 17.6 Å². The first kappa shape index (κ1) is 23.5. The number of rotatable bonds is 6. The molecular weight excluding hydrogens is 448 g/mol. The molecule has 0 fully saturated rings. The summed E-state index contributed by atoms with van der Waals surface area (Å²) in [6.07, 6.45) is 0.874. The summed E-state index contributed by atoms with van der Waals surface area (Å²) in [7, 11) is 1.46. The van der Waals surface area contributed by atoms with Gasteiger partial charge in [-0.25, -0.2) is 15.6 Å². The van der Waals surface area contributed by atoms with Gasteiger partial charge in [-0.1, -0.05) is 18.2 Å². The first-order valence-electron chi connectivity index (χ1n) is 10.7. The van der Waals surface area contributed by atoms with Gasteiger partial charge in [0.15, 0.2) is 0 Å². The summed E-state index contributed by atoms with van der Waals surface area (Å²) >= 11 is 0. The number of carbonyl (C=O) groups is 2. The molecule has 0 atom stereocenters. The van der Waals surface area contributed by atoms with Crippen LogP contribution in [0.5, 0.6) is 23.0 Å². The first-order valence-corrected chi connectivity index (χ1v) is 10.7. The van der Waals surface area contributed by atoms with Gasteiger partial charge in [0.1, 0.15) is 23.0 Å². The lowest BCUT2D eigenvalue weighted by atomic mass is 10.1. The van der Waals surface area contributed by atoms with Crippen molar-refractivity contribution >= 4 is 28.6 Å². The van der Waals surface area contributed by atoms with Crippen molar-refractivity contribution in [3.05, 3.63) is 83.6 Å². The van der Waals surface area contributed by atoms with Crippen molar-refractivity contribution in [2.24, 2.45) is 11.6 Å². The second kappa shape index (κ2) is 9.70. The number of hydrogen-bond acceptors (Lipinski definition) is 7. The molecule has 4 rings (SSSR count). The molecule has 0 spiro atoms. The quantitative estimate of drug-likeness (QED) is 0.238. The number of hydrazine groups is 1. The lowest BCUT2D eigenvalue weighted by Gasteiger charge is -2.21. The summed E-state index contributed by atoms with van der Waals surface area (Å²) in [6, 6.07) is 17.0. The second-order valence-electron chi connectivity index (χ2n) is 7.73. The van der Waals surface area contributed by atoms with Gasteiger partial charge in [-0.05, 0) is 61.4 Å². The molecule has 178 valence electrons. The minimum absolute atomic E-state index is 0.219. The summed E-state index contributed by atoms with van der Waals surface area (Å²) in [6.45, 7) is 3.68. The Balaban J connectivity index is 1.65. The molecule has 9 heteroatoms. The molecule has 0 bridgehead atoms. The number of benzene rings is 3. The number of nitrogens with two attached hydrogens (primary N) is 2. The summed E-state index contributed by atoms with van der Waals surface area (Å²) in [5, 5.41) is 1.54. The first-order chi connectivity index (χ1) is 16.8. The lowest BCUT2D eigenvalue weighted by Crippen LogP contribution is -2.40. The number of nitrogens with zero attached hydrogens (tertiary/aromatic N) is 2. The van der Waals surface area contributed by atoms with E-state index >= 15 is 0 Å². The minimum Gasteiger partial charge on any atom is -0.496 e. The van der Waals surface area contributed by atoms with Crippen LogP contribution in [0.3, 0.4) is 0 Å². The van der Waals surface area contributed by atoms with Gasteiger partial charge in [-0.15, -0.1) is 0 Å². The maximum atomic E-state index is 12.5. The number of ether oxygens (including phenoxy) is 3. The monoisotopic (exact) mass is 472 g/mol. The van der Waals surface area contributed by atoms with E-state index < -0.39 is 12.0 Å². The molecule has 4 aromatic rings. The SMILES string of the molecule is COc1cc2nccc(Oc3ccc(N(N)C(=O)Oc4ccccc4)c(C)c3C)c2cc1C(N)=O. The Bertz CT molecular complexity index is 1420. The zero-order chi connectivity index (χ0) is 25.1. The number of fused-ring (bicyclic) bond motifs is 1. The molecule has 35 heavy (non-hydrogen) atoms. The van der Waals surface area contributed by atoms with Crippen molar-refractivity contribution in [2.75, 3.05) is 12.1 Å². The van der Waals surface area contributed by atoms with E-state index in [9.17, 15) is 9.59 Å². The predicted molar refractivity (Wildman–Crippen MR) is 132 cm³/mol. The third-order valence-corrected chi connectivity index (χ3v) is 5.62. The van der Waals surface area contributed by atoms with E-state index in [4.69, 9.17) is 25.8 Å². The van der Waals surface area contributed by atoms with Gasteiger partial charge < -0.3 is 19.9 Å². The lowest BCUT2D eigenvalue weighted by molar-refractivity contribution is 0.0997. The maximum absolute atomic E-state index is 12.5. The van der Waals surface area contributed by atoms with E-state index in [1.54, 1.807) is 60.8 Å². The number of primary amides is 1. The van der Waals surface area contributed by atoms with Crippen molar-refractivity contribution < 1.29 is 23.8 Å². The van der Waals surface area contributed by atoms with Gasteiger partial charge in [0.05, 0.1) is 23.9 Å². The van der Waals surface area contributed by atoms with Gasteiger partial charge in [-0.2, -0.15) is 0 Å². The molecule has 0 saturated carbocycles. The van der Waals surface area contributed by atoms with E-state index in [1.807, 2.05) is 19.9 Å². The molecule has 0 radical (unpaired) electrons. The van der Waals surface area contributed by atoms with E-state index in [0.29, 0.717) is 39.6 Å². The standard InChI is InChI=1S/C26H24N4O5/c1-15-16(2)22(10-9-21(15)30(28)26(32)34-17-7-5-4-6-8-17)35-23-11-12-29-20-14-24(33-3)19(25(27)31)13-18(20)23/h4-14H,28H2,1-3H3,(H2,27,31). The van der Waals surface area contributed by atoms with E-state index in [-0.39, 0.29) is 5.56 Å². The van der Waals surface area contributed by atoms with Crippen LogP contribution in [0.2, 0.25) is 0 Å². The number of aromatic nitrogens is 1. The van der Waals surface area contributed by atoms with Gasteiger partial charge in [-0.3, -0.25) is 9.78 Å². The molecule has 4 N–H and O–H groups in total. The van der Waals surface area contributed by atoms with E-state index in [0.717, 1.165) is 16.1 Å². The molecule has 0 aliphatic heterocycles. The fourth-order valence-corrected chi connectivity index (χ4v) is 3.61. The van der Waals surface area contributed by atoms with Crippen LogP contribution in [0.1, 0.15) is 21.5 Å². The highest BCUT2D eigenvalue weighted by Crippen LogP contribution is 2.36. The average Bonchev–Trinajstić information content (AvgIpc) is 2.86. The van der Waals surface area contributed by atoms with E-state index in [2.05, 4.69) is 4.98 Å². The summed E-state index contributed by atoms with van der Waals surface area (Å²) in [4.78, 5) is 28.8. The molecule has 1 heterocycles. The third kappa shape index (κ3) is 4.71. The largest absolute Gasteiger partial charge is 0.496 e. The number of amides is 2. The maximum Gasteiger partial charge on any atom is 0.434 e. The number of pyridine rings is 1. The highest BCUT2D eigenvalue weighted by Gasteiger charge is 2.20. The van der Waals surface area contributed by atoms with Gasteiger partial charge in [0.25, 0.3) is 5.91 Å². The Morgan fingerprint density at radius 2 is 1.66 bits per heavy atom. The number of para-hydroxylation sites is 1. The second-order valence-corrected chi connectivity index (χ2v) is 7.73. The molecule has 0 aliphatic carbocycles.